The lowest BCUT2D eigenvalue weighted by Crippen LogP contribution is -1.87. The minimum Gasteiger partial charge on any atom is -0.0913 e. The monoisotopic (exact) mass is 174 g/mol. The van der Waals surface area contributed by atoms with Crippen molar-refractivity contribution in [2.24, 2.45) is 0 Å². The summed E-state index contributed by atoms with van der Waals surface area (Å²) in [5.41, 5.74) is 2.81. The molecule has 0 aromatic heterocycles. The Kier molecular flexibility index (Phi) is 3.75. The van der Waals surface area contributed by atoms with Crippen molar-refractivity contribution in [2.45, 2.75) is 33.1 Å². The van der Waals surface area contributed by atoms with Crippen molar-refractivity contribution in [3.05, 3.63) is 47.5 Å². The first-order valence-electron chi connectivity index (χ1n) is 4.94. The van der Waals surface area contributed by atoms with E-state index in [4.69, 9.17) is 0 Å². The van der Waals surface area contributed by atoms with Gasteiger partial charge in [-0.1, -0.05) is 50.3 Å². The highest BCUT2D eigenvalue weighted by Gasteiger charge is 1.97. The van der Waals surface area contributed by atoms with Gasteiger partial charge >= 0.3 is 0 Å². The molecule has 1 aromatic rings. The third kappa shape index (κ3) is 3.06. The van der Waals surface area contributed by atoms with Crippen LogP contribution in [0, 0.1) is 0 Å². The Morgan fingerprint density at radius 3 is 2.23 bits per heavy atom. The maximum absolute atomic E-state index is 2.23. The van der Waals surface area contributed by atoms with Crippen LogP contribution in [0.15, 0.2) is 36.4 Å². The average Bonchev–Trinajstić information content (AvgIpc) is 2.15. The number of allylic oxidation sites excluding steroid dienone is 2. The second-order valence-corrected chi connectivity index (χ2v) is 3.67. The topological polar surface area (TPSA) is 0 Å². The van der Waals surface area contributed by atoms with Crippen molar-refractivity contribution in [1.29, 1.82) is 0 Å². The fraction of sp³-hybridized carbons (Fsp3) is 0.385. The molecule has 0 fully saturated rings. The molecule has 0 atom stereocenters. The first kappa shape index (κ1) is 10.0. The largest absolute Gasteiger partial charge is 0.0913 e. The molecule has 0 saturated heterocycles. The van der Waals surface area contributed by atoms with Crippen molar-refractivity contribution < 1.29 is 0 Å². The van der Waals surface area contributed by atoms with Crippen LogP contribution in [0.3, 0.4) is 0 Å². The Hall–Kier alpha value is -1.04. The van der Waals surface area contributed by atoms with Gasteiger partial charge in [-0.05, 0) is 30.4 Å². The van der Waals surface area contributed by atoms with E-state index in [2.05, 4.69) is 57.2 Å². The van der Waals surface area contributed by atoms with E-state index < -0.39 is 0 Å². The molecule has 0 bridgehead atoms. The van der Waals surface area contributed by atoms with Gasteiger partial charge in [0.2, 0.25) is 0 Å². The maximum atomic E-state index is 2.23. The Labute approximate surface area is 81.3 Å². The quantitative estimate of drug-likeness (QED) is 0.609. The highest BCUT2D eigenvalue weighted by Crippen LogP contribution is 2.14. The predicted octanol–water partition coefficient (Wildman–Crippen LogP) is 3.93. The van der Waals surface area contributed by atoms with Crippen molar-refractivity contribution in [1.82, 2.24) is 0 Å². The van der Waals surface area contributed by atoms with Gasteiger partial charge in [-0.2, -0.15) is 0 Å². The molecule has 0 N–H and O–H groups in total. The van der Waals surface area contributed by atoms with Crippen LogP contribution in [-0.2, 0) is 6.42 Å². The Bertz CT molecular complexity index is 265. The van der Waals surface area contributed by atoms with Gasteiger partial charge in [0.05, 0.1) is 0 Å². The first-order chi connectivity index (χ1) is 6.24. The maximum Gasteiger partial charge on any atom is -0.00976 e. The minimum absolute atomic E-state index is 0.635. The van der Waals surface area contributed by atoms with Crippen molar-refractivity contribution >= 4 is 0 Å². The second kappa shape index (κ2) is 4.86. The van der Waals surface area contributed by atoms with E-state index in [1.165, 1.54) is 11.1 Å². The van der Waals surface area contributed by atoms with Gasteiger partial charge in [0.1, 0.15) is 0 Å². The molecular formula is C13H18. The SMILES string of the molecule is CC=CCc1ccc(C(C)C)cc1. The van der Waals surface area contributed by atoms with Gasteiger partial charge in [0, 0.05) is 0 Å². The molecule has 0 saturated carbocycles. The zero-order chi connectivity index (χ0) is 9.68. The average molecular weight is 174 g/mol. The molecule has 0 aliphatic carbocycles. The number of benzene rings is 1. The van der Waals surface area contributed by atoms with Crippen LogP contribution in [0.25, 0.3) is 0 Å². The third-order valence-corrected chi connectivity index (χ3v) is 2.24. The van der Waals surface area contributed by atoms with E-state index in [-0.39, 0.29) is 0 Å². The molecular weight excluding hydrogens is 156 g/mol. The second-order valence-electron chi connectivity index (χ2n) is 3.67. The van der Waals surface area contributed by atoms with E-state index in [9.17, 15) is 0 Å². The minimum atomic E-state index is 0.635. The Balaban J connectivity index is 2.69. The summed E-state index contributed by atoms with van der Waals surface area (Å²) in [5.74, 6) is 0.635. The highest BCUT2D eigenvalue weighted by atomic mass is 14.0. The van der Waals surface area contributed by atoms with Gasteiger partial charge in [-0.3, -0.25) is 0 Å². The molecule has 0 radical (unpaired) electrons. The zero-order valence-corrected chi connectivity index (χ0v) is 8.75. The number of hydrogen-bond donors (Lipinski definition) is 0. The van der Waals surface area contributed by atoms with E-state index in [0.717, 1.165) is 6.42 Å². The standard InChI is InChI=1S/C13H18/c1-4-5-6-12-7-9-13(10-8-12)11(2)3/h4-5,7-11H,6H2,1-3H3. The number of rotatable bonds is 3. The summed E-state index contributed by atoms with van der Waals surface area (Å²) in [6, 6.07) is 8.89. The summed E-state index contributed by atoms with van der Waals surface area (Å²) in [7, 11) is 0. The summed E-state index contributed by atoms with van der Waals surface area (Å²) in [6.07, 6.45) is 5.33. The van der Waals surface area contributed by atoms with Crippen LogP contribution in [0.5, 0.6) is 0 Å². The zero-order valence-electron chi connectivity index (χ0n) is 8.75. The van der Waals surface area contributed by atoms with Crippen LogP contribution in [-0.4, -0.2) is 0 Å². The summed E-state index contributed by atoms with van der Waals surface area (Å²) in [4.78, 5) is 0. The lowest BCUT2D eigenvalue weighted by Gasteiger charge is -2.05. The third-order valence-electron chi connectivity index (χ3n) is 2.24. The van der Waals surface area contributed by atoms with Crippen LogP contribution in [0.1, 0.15) is 37.8 Å². The van der Waals surface area contributed by atoms with E-state index in [1.807, 2.05) is 0 Å². The summed E-state index contributed by atoms with van der Waals surface area (Å²) < 4.78 is 0. The fourth-order valence-corrected chi connectivity index (χ4v) is 1.29. The van der Waals surface area contributed by atoms with Crippen molar-refractivity contribution in [2.75, 3.05) is 0 Å². The molecule has 0 spiro atoms. The van der Waals surface area contributed by atoms with E-state index in [1.54, 1.807) is 0 Å². The Morgan fingerprint density at radius 2 is 1.77 bits per heavy atom. The molecule has 0 unspecified atom stereocenters. The molecule has 0 aliphatic heterocycles. The highest BCUT2D eigenvalue weighted by molar-refractivity contribution is 5.25. The lowest BCUT2D eigenvalue weighted by atomic mass is 10.0. The summed E-state index contributed by atoms with van der Waals surface area (Å²) in [5, 5.41) is 0. The Morgan fingerprint density at radius 1 is 1.15 bits per heavy atom. The van der Waals surface area contributed by atoms with Gasteiger partial charge < -0.3 is 0 Å². The molecule has 13 heavy (non-hydrogen) atoms. The van der Waals surface area contributed by atoms with E-state index in [0.29, 0.717) is 5.92 Å². The molecule has 0 aliphatic rings. The van der Waals surface area contributed by atoms with Crippen molar-refractivity contribution in [3.8, 4) is 0 Å². The smallest absolute Gasteiger partial charge is 0.00976 e. The van der Waals surface area contributed by atoms with Crippen LogP contribution in [0.2, 0.25) is 0 Å². The molecule has 70 valence electrons. The van der Waals surface area contributed by atoms with Crippen LogP contribution >= 0.6 is 0 Å². The van der Waals surface area contributed by atoms with Crippen LogP contribution < -0.4 is 0 Å². The van der Waals surface area contributed by atoms with Crippen LogP contribution in [0.4, 0.5) is 0 Å². The summed E-state index contributed by atoms with van der Waals surface area (Å²) >= 11 is 0. The van der Waals surface area contributed by atoms with Gasteiger partial charge in [-0.25, -0.2) is 0 Å². The molecule has 1 rings (SSSR count). The molecule has 0 heteroatoms. The molecule has 1 aromatic carbocycles. The van der Waals surface area contributed by atoms with Gasteiger partial charge in [0.15, 0.2) is 0 Å². The van der Waals surface area contributed by atoms with Gasteiger partial charge in [0.25, 0.3) is 0 Å². The van der Waals surface area contributed by atoms with Crippen molar-refractivity contribution in [3.63, 3.8) is 0 Å². The number of hydrogen-bond acceptors (Lipinski definition) is 0. The molecule has 0 amide bonds. The normalized spacial score (nSPS) is 11.4. The lowest BCUT2D eigenvalue weighted by molar-refractivity contribution is 0.865. The fourth-order valence-electron chi connectivity index (χ4n) is 1.29. The first-order valence-corrected chi connectivity index (χ1v) is 4.94. The summed E-state index contributed by atoms with van der Waals surface area (Å²) in [6.45, 7) is 6.50. The van der Waals surface area contributed by atoms with Gasteiger partial charge in [-0.15, -0.1) is 0 Å². The molecule has 0 nitrogen and oxygen atoms in total. The molecule has 0 heterocycles. The predicted molar refractivity (Wildman–Crippen MR) is 59.0 cm³/mol. The van der Waals surface area contributed by atoms with E-state index >= 15 is 0 Å².